The van der Waals surface area contributed by atoms with Crippen molar-refractivity contribution >= 4 is 22.9 Å². The van der Waals surface area contributed by atoms with Crippen LogP contribution in [0.5, 0.6) is 11.5 Å². The molecule has 0 aromatic heterocycles. The molecule has 0 saturated carbocycles. The number of thioether (sulfide) groups is 1. The third kappa shape index (κ3) is 3.63. The highest BCUT2D eigenvalue weighted by atomic mass is 32.2. The number of hydrogen-bond donors (Lipinski definition) is 1. The van der Waals surface area contributed by atoms with Crippen LogP contribution in [0.15, 0.2) is 45.2 Å². The number of aliphatic imine (C=N–C) groups is 1. The summed E-state index contributed by atoms with van der Waals surface area (Å²) in [6.07, 6.45) is 0. The topological polar surface area (TPSA) is 110 Å². The minimum absolute atomic E-state index is 0.231. The van der Waals surface area contributed by atoms with Crippen LogP contribution in [0, 0.1) is 11.3 Å². The summed E-state index contributed by atoms with van der Waals surface area (Å²) < 4.78 is 16.4. The highest BCUT2D eigenvalue weighted by molar-refractivity contribution is 8.17. The van der Waals surface area contributed by atoms with E-state index >= 15 is 0 Å². The van der Waals surface area contributed by atoms with Crippen LogP contribution in [0.2, 0.25) is 0 Å². The van der Waals surface area contributed by atoms with Gasteiger partial charge in [0.05, 0.1) is 37.6 Å². The van der Waals surface area contributed by atoms with E-state index in [2.05, 4.69) is 11.1 Å². The zero-order valence-electron chi connectivity index (χ0n) is 16.7. The second kappa shape index (κ2) is 8.49. The van der Waals surface area contributed by atoms with Crippen LogP contribution in [-0.2, 0) is 9.53 Å². The summed E-state index contributed by atoms with van der Waals surface area (Å²) in [5.74, 6) is 0.905. The number of fused-ring (bicyclic) bond motifs is 1. The molecule has 0 radical (unpaired) electrons. The summed E-state index contributed by atoms with van der Waals surface area (Å²) in [6.45, 7) is 6.06. The summed E-state index contributed by atoms with van der Waals surface area (Å²) in [4.78, 5) is 19.3. The van der Waals surface area contributed by atoms with E-state index in [0.717, 1.165) is 5.56 Å². The normalized spacial score (nSPS) is 18.2. The first-order chi connectivity index (χ1) is 14.0. The molecule has 0 fully saturated rings. The van der Waals surface area contributed by atoms with Gasteiger partial charge in [0.15, 0.2) is 16.7 Å². The number of nitriles is 1. The molecule has 2 aliphatic rings. The van der Waals surface area contributed by atoms with Gasteiger partial charge in [-0.2, -0.15) is 5.26 Å². The predicted octanol–water partition coefficient (Wildman–Crippen LogP) is 3.04. The number of esters is 1. The maximum Gasteiger partial charge on any atom is 0.338 e. The molecule has 2 aliphatic heterocycles. The number of carbonyl (C=O) groups is 1. The molecular weight excluding hydrogens is 392 g/mol. The molecule has 0 spiro atoms. The maximum atomic E-state index is 12.8. The van der Waals surface area contributed by atoms with Gasteiger partial charge in [0.1, 0.15) is 16.8 Å². The molecule has 8 nitrogen and oxygen atoms in total. The van der Waals surface area contributed by atoms with Crippen molar-refractivity contribution < 1.29 is 19.0 Å². The SMILES string of the molecule is CCOC(=O)C1=C(C)N=C2SC(C#N)=C(N)N2[C@H]1c1ccc(OC)c(OCC)c1. The Labute approximate surface area is 173 Å². The standard InChI is InChI=1S/C20H22N4O4S/c1-5-27-14-9-12(7-8-13(14)26-4)17-16(19(25)28-6-2)11(3)23-20-24(17)18(22)15(10-21)29-20/h7-9,17H,5-6,22H2,1-4H3/t17-/m0/s1. The quantitative estimate of drug-likeness (QED) is 0.707. The van der Waals surface area contributed by atoms with Crippen molar-refractivity contribution in [2.45, 2.75) is 26.8 Å². The van der Waals surface area contributed by atoms with Gasteiger partial charge in [-0.05, 0) is 50.2 Å². The fourth-order valence-corrected chi connectivity index (χ4v) is 4.17. The smallest absolute Gasteiger partial charge is 0.338 e. The number of rotatable bonds is 6. The van der Waals surface area contributed by atoms with E-state index in [1.165, 1.54) is 11.8 Å². The van der Waals surface area contributed by atoms with Gasteiger partial charge >= 0.3 is 5.97 Å². The van der Waals surface area contributed by atoms with Gasteiger partial charge < -0.3 is 19.9 Å². The van der Waals surface area contributed by atoms with Gasteiger partial charge in [-0.15, -0.1) is 0 Å². The largest absolute Gasteiger partial charge is 0.493 e. The van der Waals surface area contributed by atoms with E-state index in [4.69, 9.17) is 19.9 Å². The highest BCUT2D eigenvalue weighted by Gasteiger charge is 2.42. The van der Waals surface area contributed by atoms with Gasteiger partial charge in [-0.25, -0.2) is 9.79 Å². The van der Waals surface area contributed by atoms with E-state index in [-0.39, 0.29) is 12.4 Å². The average Bonchev–Trinajstić information content (AvgIpc) is 3.02. The number of ether oxygens (including phenoxy) is 3. The summed E-state index contributed by atoms with van der Waals surface area (Å²) >= 11 is 1.18. The number of methoxy groups -OCH3 is 1. The van der Waals surface area contributed by atoms with Crippen LogP contribution in [-0.4, -0.2) is 36.4 Å². The Morgan fingerprint density at radius 3 is 2.72 bits per heavy atom. The molecule has 2 N–H and O–H groups in total. The van der Waals surface area contributed by atoms with Crippen LogP contribution in [0.1, 0.15) is 32.4 Å². The van der Waals surface area contributed by atoms with E-state index in [1.807, 2.05) is 19.1 Å². The first-order valence-corrected chi connectivity index (χ1v) is 9.92. The van der Waals surface area contributed by atoms with E-state index in [9.17, 15) is 10.1 Å². The lowest BCUT2D eigenvalue weighted by molar-refractivity contribution is -0.139. The van der Waals surface area contributed by atoms with Crippen molar-refractivity contribution in [1.29, 1.82) is 5.26 Å². The molecule has 1 aromatic carbocycles. The number of amidine groups is 1. The summed E-state index contributed by atoms with van der Waals surface area (Å²) in [5.41, 5.74) is 7.89. The monoisotopic (exact) mass is 414 g/mol. The average molecular weight is 414 g/mol. The van der Waals surface area contributed by atoms with Crippen molar-refractivity contribution in [3.05, 3.63) is 45.8 Å². The van der Waals surface area contributed by atoms with E-state index < -0.39 is 12.0 Å². The lowest BCUT2D eigenvalue weighted by Gasteiger charge is -2.35. The Balaban J connectivity index is 2.19. The number of benzene rings is 1. The van der Waals surface area contributed by atoms with Crippen LogP contribution < -0.4 is 15.2 Å². The summed E-state index contributed by atoms with van der Waals surface area (Å²) in [5, 5.41) is 9.96. The molecule has 3 rings (SSSR count). The Kier molecular flexibility index (Phi) is 6.03. The second-order valence-electron chi connectivity index (χ2n) is 6.16. The fourth-order valence-electron chi connectivity index (χ4n) is 3.26. The van der Waals surface area contributed by atoms with Crippen LogP contribution in [0.4, 0.5) is 0 Å². The Hall–Kier alpha value is -3.12. The van der Waals surface area contributed by atoms with E-state index in [0.29, 0.717) is 39.4 Å². The third-order valence-electron chi connectivity index (χ3n) is 4.48. The Morgan fingerprint density at radius 1 is 1.34 bits per heavy atom. The lowest BCUT2D eigenvalue weighted by Crippen LogP contribution is -2.38. The van der Waals surface area contributed by atoms with E-state index in [1.54, 1.807) is 31.9 Å². The molecule has 2 heterocycles. The number of carbonyl (C=O) groups excluding carboxylic acids is 1. The lowest BCUT2D eigenvalue weighted by atomic mass is 9.94. The molecule has 0 aliphatic carbocycles. The maximum absolute atomic E-state index is 12.8. The second-order valence-corrected chi connectivity index (χ2v) is 7.14. The molecule has 9 heteroatoms. The number of allylic oxidation sites excluding steroid dienone is 2. The van der Waals surface area contributed by atoms with Crippen LogP contribution in [0.3, 0.4) is 0 Å². The molecule has 0 bridgehead atoms. The third-order valence-corrected chi connectivity index (χ3v) is 5.45. The first-order valence-electron chi connectivity index (χ1n) is 9.10. The van der Waals surface area contributed by atoms with Crippen molar-refractivity contribution in [2.75, 3.05) is 20.3 Å². The number of hydrogen-bond acceptors (Lipinski definition) is 9. The number of nitrogens with zero attached hydrogens (tertiary/aromatic N) is 3. The zero-order chi connectivity index (χ0) is 21.1. The van der Waals surface area contributed by atoms with Gasteiger partial charge in [0, 0.05) is 0 Å². The summed E-state index contributed by atoms with van der Waals surface area (Å²) in [7, 11) is 1.56. The van der Waals surface area contributed by atoms with Crippen LogP contribution >= 0.6 is 11.8 Å². The molecule has 0 amide bonds. The fraction of sp³-hybridized carbons (Fsp3) is 0.350. The van der Waals surface area contributed by atoms with Crippen molar-refractivity contribution in [3.8, 4) is 17.6 Å². The highest BCUT2D eigenvalue weighted by Crippen LogP contribution is 2.46. The van der Waals surface area contributed by atoms with Crippen LogP contribution in [0.25, 0.3) is 0 Å². The van der Waals surface area contributed by atoms with Gasteiger partial charge in [0.2, 0.25) is 0 Å². The first kappa shape index (κ1) is 20.6. The minimum Gasteiger partial charge on any atom is -0.493 e. The predicted molar refractivity (Wildman–Crippen MR) is 110 cm³/mol. The van der Waals surface area contributed by atoms with Gasteiger partial charge in [-0.3, -0.25) is 4.90 Å². The summed E-state index contributed by atoms with van der Waals surface area (Å²) in [6, 6.07) is 6.91. The molecular formula is C20H22N4O4S. The van der Waals surface area contributed by atoms with Crippen molar-refractivity contribution in [2.24, 2.45) is 10.7 Å². The number of nitrogens with two attached hydrogens (primary N) is 1. The van der Waals surface area contributed by atoms with Gasteiger partial charge in [-0.1, -0.05) is 6.07 Å². The molecule has 1 atom stereocenters. The van der Waals surface area contributed by atoms with Gasteiger partial charge in [0.25, 0.3) is 0 Å². The molecule has 0 saturated heterocycles. The molecule has 29 heavy (non-hydrogen) atoms. The van der Waals surface area contributed by atoms with Crippen molar-refractivity contribution in [3.63, 3.8) is 0 Å². The molecule has 152 valence electrons. The zero-order valence-corrected chi connectivity index (χ0v) is 17.5. The molecule has 0 unspecified atom stereocenters. The Bertz CT molecular complexity index is 977. The molecule has 1 aromatic rings. The Morgan fingerprint density at radius 2 is 2.10 bits per heavy atom. The minimum atomic E-state index is -0.606. The van der Waals surface area contributed by atoms with Crippen molar-refractivity contribution in [1.82, 2.24) is 4.90 Å².